The molecule has 27 nitrogen and oxygen atoms in total. The SMILES string of the molecule is CCC(C)(C)OC1C(C(=O)NCC(=O)Oc2cc3c(c(C)c2C)OC(C)(CCCC(C)CCCC(C)CCCC(C)C)CC3)OC(OC2C(O)C(CO)OC(C(C)(CC)C(C)(CC)O[C@@H](C)C(OC(OC[C@H](NC(C)=O)C(OC(CO)[C@H](C)O)C(C)(C)CC)[C@@H](O)CO)C(=O)O)C2NC(C)=O)C(O)C1O. The van der Waals surface area contributed by atoms with Crippen molar-refractivity contribution >= 4 is 29.7 Å². The van der Waals surface area contributed by atoms with Gasteiger partial charge in [-0.25, -0.2) is 9.59 Å². The second-order valence-corrected chi connectivity index (χ2v) is 32.6. The number of carbonyl (C=O) groups excluding carboxylic acids is 4. The van der Waals surface area contributed by atoms with Crippen LogP contribution in [0.4, 0.5) is 0 Å². The molecule has 12 N–H and O–H groups in total. The third kappa shape index (κ3) is 25.6. The molecule has 3 heterocycles. The second kappa shape index (κ2) is 41.7. The lowest BCUT2D eigenvalue weighted by Crippen LogP contribution is -2.72. The first-order valence-electron chi connectivity index (χ1n) is 38.5. The number of aliphatic hydroxyl groups is 8. The molecular formula is C78H137N3O24. The predicted octanol–water partition coefficient (Wildman–Crippen LogP) is 7.10. The molecule has 105 heavy (non-hydrogen) atoms. The van der Waals surface area contributed by atoms with Crippen LogP contribution in [0.25, 0.3) is 0 Å². The average molecular weight is 1500 g/mol. The molecule has 1 aromatic rings. The summed E-state index contributed by atoms with van der Waals surface area (Å²) >= 11 is 0. The van der Waals surface area contributed by atoms with E-state index >= 15 is 0 Å². The van der Waals surface area contributed by atoms with Crippen LogP contribution in [0.5, 0.6) is 11.5 Å². The first kappa shape index (κ1) is 93.1. The van der Waals surface area contributed by atoms with Gasteiger partial charge in [0, 0.05) is 19.3 Å². The Kier molecular flexibility index (Phi) is 37.0. The van der Waals surface area contributed by atoms with Crippen molar-refractivity contribution in [3.63, 3.8) is 0 Å². The molecule has 1 aromatic carbocycles. The van der Waals surface area contributed by atoms with Gasteiger partial charge >= 0.3 is 11.9 Å². The summed E-state index contributed by atoms with van der Waals surface area (Å²) in [6.45, 7) is 34.4. The van der Waals surface area contributed by atoms with Gasteiger partial charge in [0.2, 0.25) is 11.8 Å². The molecule has 0 aromatic heterocycles. The lowest BCUT2D eigenvalue weighted by molar-refractivity contribution is -0.342. The highest BCUT2D eigenvalue weighted by Crippen LogP contribution is 2.50. The first-order valence-corrected chi connectivity index (χ1v) is 38.5. The molecule has 2 saturated heterocycles. The highest BCUT2D eigenvalue weighted by atomic mass is 16.7. The summed E-state index contributed by atoms with van der Waals surface area (Å²) in [5.74, 6) is -1.43. The van der Waals surface area contributed by atoms with E-state index in [2.05, 4.69) is 50.6 Å². The van der Waals surface area contributed by atoms with Gasteiger partial charge < -0.3 is 109 Å². The standard InChI is InChI=1S/C78H137N3O24/c1-22-74(15,16)68(98-56(40-83)48(11)85)53(80-50(13)86)42-96-72(54(88)39-82)100-64(71(94)95)49(12)103-78(21,25-4)77(20,24-3)69-59(81-51(14)87)65(60(90)57(41-84)99-69)101-73-62(92)61(91)66(104-75(17,18)23-2)67(102-73)70(93)79-38-58(89)97-55-37-52-34-36-76(19,105-63(52)47(10)46(55)9)35-28-33-45(8)32-27-31-44(7)30-26-29-43(5)6/h37,43-45,48-49,53-54,56-57,59-62,64-69,72-73,82-85,88,90-92H,22-36,38-42H2,1-21H3,(H,79,93)(H,80,86)(H,81,87)(H,94,95)/t44?,45?,48-,49-,53-,54-,56?,57?,59?,60?,61?,62?,64?,65?,66?,67?,68?,69?,72?,73?,76?,77?,78?/m0/s1. The van der Waals surface area contributed by atoms with E-state index in [9.17, 15) is 69.9 Å². The molecule has 0 bridgehead atoms. The number of ether oxygens (including phenoxy) is 10. The van der Waals surface area contributed by atoms with Crippen LogP contribution in [-0.2, 0) is 68.3 Å². The number of carboxylic acid groups (broad SMARTS) is 1. The summed E-state index contributed by atoms with van der Waals surface area (Å²) in [6, 6.07) is -0.727. The number of hydrogen-bond donors (Lipinski definition) is 12. The molecule has 0 aliphatic carbocycles. The van der Waals surface area contributed by atoms with Gasteiger partial charge in [0.25, 0.3) is 5.91 Å². The Morgan fingerprint density at radius 3 is 1.89 bits per heavy atom. The number of carboxylic acids is 1. The van der Waals surface area contributed by atoms with Crippen molar-refractivity contribution in [2.24, 2.45) is 28.6 Å². The van der Waals surface area contributed by atoms with Crippen molar-refractivity contribution in [1.29, 1.82) is 0 Å². The zero-order valence-electron chi connectivity index (χ0n) is 67.0. The number of hydrogen-bond acceptors (Lipinski definition) is 23. The van der Waals surface area contributed by atoms with Crippen LogP contribution in [-0.4, -0.2) is 236 Å². The number of fused-ring (bicyclic) bond motifs is 1. The van der Waals surface area contributed by atoms with Crippen molar-refractivity contribution in [2.45, 2.75) is 369 Å². The Morgan fingerprint density at radius 2 is 1.36 bits per heavy atom. The number of benzene rings is 1. The Balaban J connectivity index is 1.60. The number of rotatable bonds is 46. The van der Waals surface area contributed by atoms with E-state index in [0.29, 0.717) is 30.7 Å². The minimum Gasteiger partial charge on any atom is -0.487 e. The van der Waals surface area contributed by atoms with Gasteiger partial charge in [-0.2, -0.15) is 0 Å². The fraction of sp³-hybridized carbons (Fsp3) is 0.859. The van der Waals surface area contributed by atoms with Crippen molar-refractivity contribution < 1.29 is 117 Å². The Morgan fingerprint density at radius 1 is 0.743 bits per heavy atom. The van der Waals surface area contributed by atoms with Gasteiger partial charge in [0.15, 0.2) is 24.8 Å². The highest BCUT2D eigenvalue weighted by Gasteiger charge is 2.61. The van der Waals surface area contributed by atoms with Crippen molar-refractivity contribution in [3.05, 3.63) is 22.8 Å². The maximum Gasteiger partial charge on any atom is 0.335 e. The van der Waals surface area contributed by atoms with E-state index in [0.717, 1.165) is 54.4 Å². The minimum absolute atomic E-state index is 0.0714. The zero-order chi connectivity index (χ0) is 79.4. The molecule has 0 spiro atoms. The first-order chi connectivity index (χ1) is 49.0. The maximum atomic E-state index is 14.6. The van der Waals surface area contributed by atoms with E-state index in [-0.39, 0.29) is 24.2 Å². The van der Waals surface area contributed by atoms with Crippen molar-refractivity contribution in [1.82, 2.24) is 16.0 Å². The number of aliphatic hydroxyl groups excluding tert-OH is 8. The quantitative estimate of drug-likeness (QED) is 0.0176. The maximum absolute atomic E-state index is 14.6. The molecule has 3 amide bonds. The normalized spacial score (nSPS) is 27.1. The molecule has 2 fully saturated rings. The van der Waals surface area contributed by atoms with Crippen LogP contribution in [0.15, 0.2) is 6.07 Å². The van der Waals surface area contributed by atoms with Crippen molar-refractivity contribution in [2.75, 3.05) is 33.0 Å². The van der Waals surface area contributed by atoms with Gasteiger partial charge in [-0.15, -0.1) is 0 Å². The molecule has 608 valence electrons. The number of aliphatic carboxylic acids is 1. The van der Waals surface area contributed by atoms with Gasteiger partial charge in [0.05, 0.1) is 74.1 Å². The number of nitrogens with one attached hydrogen (secondary N) is 3. The topological polar surface area (TPSA) is 396 Å². The summed E-state index contributed by atoms with van der Waals surface area (Å²) in [6.07, 6.45) is -13.1. The van der Waals surface area contributed by atoms with E-state index in [1.807, 2.05) is 41.5 Å². The van der Waals surface area contributed by atoms with E-state index in [1.54, 1.807) is 47.6 Å². The molecule has 0 saturated carbocycles. The average Bonchev–Trinajstić information content (AvgIpc) is 0.735. The van der Waals surface area contributed by atoms with Crippen molar-refractivity contribution in [3.8, 4) is 11.5 Å². The Labute approximate surface area is 624 Å². The Bertz CT molecular complexity index is 2860. The molecule has 23 atom stereocenters. The zero-order valence-corrected chi connectivity index (χ0v) is 67.0. The fourth-order valence-electron chi connectivity index (χ4n) is 14.6. The van der Waals surface area contributed by atoms with Crippen LogP contribution in [0, 0.1) is 42.4 Å². The summed E-state index contributed by atoms with van der Waals surface area (Å²) in [7, 11) is 0. The summed E-state index contributed by atoms with van der Waals surface area (Å²) in [5.41, 5.74) is -2.73. The van der Waals surface area contributed by atoms with Gasteiger partial charge in [-0.05, 0) is 153 Å². The summed E-state index contributed by atoms with van der Waals surface area (Å²) in [5, 5.41) is 108. The number of carbonyl (C=O) groups is 5. The number of amides is 3. The Hall–Kier alpha value is -4.27. The third-order valence-electron chi connectivity index (χ3n) is 22.8. The van der Waals surface area contributed by atoms with Crippen LogP contribution >= 0.6 is 0 Å². The summed E-state index contributed by atoms with van der Waals surface area (Å²) < 4.78 is 63.6. The van der Waals surface area contributed by atoms with Crippen LogP contribution in [0.3, 0.4) is 0 Å². The van der Waals surface area contributed by atoms with E-state index in [1.165, 1.54) is 66.2 Å². The second-order valence-electron chi connectivity index (χ2n) is 32.6. The highest BCUT2D eigenvalue weighted by molar-refractivity contribution is 5.86. The lowest BCUT2D eigenvalue weighted by atomic mass is 9.63. The van der Waals surface area contributed by atoms with E-state index < -0.39 is 195 Å². The van der Waals surface area contributed by atoms with Gasteiger partial charge in [-0.3, -0.25) is 14.4 Å². The molecular weight excluding hydrogens is 1360 g/mol. The van der Waals surface area contributed by atoms with Crippen LogP contribution in [0.1, 0.15) is 238 Å². The van der Waals surface area contributed by atoms with Crippen LogP contribution < -0.4 is 25.4 Å². The number of esters is 1. The summed E-state index contributed by atoms with van der Waals surface area (Å²) in [4.78, 5) is 68.1. The van der Waals surface area contributed by atoms with Gasteiger partial charge in [-0.1, -0.05) is 121 Å². The number of aryl methyl sites for hydroxylation is 1. The smallest absolute Gasteiger partial charge is 0.335 e. The van der Waals surface area contributed by atoms with Gasteiger partial charge in [0.1, 0.15) is 72.5 Å². The molecule has 3 aliphatic rings. The molecule has 4 rings (SSSR count). The predicted molar refractivity (Wildman–Crippen MR) is 393 cm³/mol. The molecule has 27 heteroatoms. The van der Waals surface area contributed by atoms with E-state index in [4.69, 9.17) is 47.4 Å². The molecule has 3 aliphatic heterocycles. The molecule has 19 unspecified atom stereocenters. The monoisotopic (exact) mass is 1500 g/mol. The third-order valence-corrected chi connectivity index (χ3v) is 22.8. The molecule has 0 radical (unpaired) electrons. The minimum atomic E-state index is -2.02. The van der Waals surface area contributed by atoms with Crippen LogP contribution in [0.2, 0.25) is 0 Å². The fourth-order valence-corrected chi connectivity index (χ4v) is 14.6. The largest absolute Gasteiger partial charge is 0.487 e. The lowest BCUT2D eigenvalue weighted by Gasteiger charge is -2.57.